The number of nitrogens with zero attached hydrogens (tertiary/aromatic N) is 4. The zero-order valence-corrected chi connectivity index (χ0v) is 15.8. The van der Waals surface area contributed by atoms with Crippen LogP contribution in [0.5, 0.6) is 0 Å². The first-order chi connectivity index (χ1) is 14.0. The summed E-state index contributed by atoms with van der Waals surface area (Å²) in [5.74, 6) is 0.553. The van der Waals surface area contributed by atoms with Crippen molar-refractivity contribution in [2.75, 3.05) is 23.8 Å². The van der Waals surface area contributed by atoms with E-state index in [1.807, 2.05) is 0 Å². The Morgan fingerprint density at radius 3 is 2.66 bits per heavy atom. The molecule has 2 aromatic rings. The number of ether oxygens (including phenoxy) is 1. The van der Waals surface area contributed by atoms with Gasteiger partial charge in [0.2, 0.25) is 11.9 Å². The quantitative estimate of drug-likeness (QED) is 0.548. The SMILES string of the molecule is C=N/C=C(F)\C=C(/C)Nc1nc(NC2[C@H]3COC[C@@H]23)nc(-c2ccccc2F)n1. The molecule has 0 amide bonds. The van der Waals surface area contributed by atoms with E-state index in [0.717, 1.165) is 6.20 Å². The smallest absolute Gasteiger partial charge is 0.232 e. The molecule has 1 aromatic heterocycles. The van der Waals surface area contributed by atoms with Crippen LogP contribution in [0.25, 0.3) is 11.4 Å². The summed E-state index contributed by atoms with van der Waals surface area (Å²) in [5, 5.41) is 6.20. The van der Waals surface area contributed by atoms with Gasteiger partial charge in [-0.15, -0.1) is 0 Å². The molecule has 0 spiro atoms. The molecule has 1 saturated carbocycles. The third-order valence-corrected chi connectivity index (χ3v) is 4.88. The van der Waals surface area contributed by atoms with Gasteiger partial charge in [0.15, 0.2) is 5.82 Å². The van der Waals surface area contributed by atoms with Crippen LogP contribution in [0.1, 0.15) is 6.92 Å². The number of hydrogen-bond acceptors (Lipinski definition) is 7. The zero-order chi connectivity index (χ0) is 20.4. The molecule has 0 radical (unpaired) electrons. The van der Waals surface area contributed by atoms with Crippen molar-refractivity contribution in [1.29, 1.82) is 0 Å². The minimum absolute atomic E-state index is 0.177. The van der Waals surface area contributed by atoms with E-state index in [1.54, 1.807) is 25.1 Å². The number of anilines is 2. The van der Waals surface area contributed by atoms with Crippen molar-refractivity contribution in [3.63, 3.8) is 0 Å². The Bertz CT molecular complexity index is 983. The molecule has 1 aliphatic carbocycles. The average molecular weight is 398 g/mol. The van der Waals surface area contributed by atoms with Gasteiger partial charge in [0.25, 0.3) is 0 Å². The largest absolute Gasteiger partial charge is 0.381 e. The fourth-order valence-corrected chi connectivity index (χ4v) is 3.41. The van der Waals surface area contributed by atoms with Gasteiger partial charge in [0, 0.05) is 23.6 Å². The van der Waals surface area contributed by atoms with Crippen molar-refractivity contribution in [2.24, 2.45) is 16.8 Å². The Labute approximate surface area is 166 Å². The summed E-state index contributed by atoms with van der Waals surface area (Å²) in [4.78, 5) is 16.4. The van der Waals surface area contributed by atoms with Crippen molar-refractivity contribution < 1.29 is 13.5 Å². The Kier molecular flexibility index (Phi) is 5.30. The lowest BCUT2D eigenvalue weighted by molar-refractivity contribution is 0.162. The van der Waals surface area contributed by atoms with Crippen LogP contribution < -0.4 is 10.6 Å². The van der Waals surface area contributed by atoms with Crippen LogP contribution in [0.2, 0.25) is 0 Å². The predicted octanol–water partition coefficient (Wildman–Crippen LogP) is 3.56. The van der Waals surface area contributed by atoms with Crippen LogP contribution in [0.4, 0.5) is 20.7 Å². The number of hydrogen-bond donors (Lipinski definition) is 2. The third kappa shape index (κ3) is 4.29. The summed E-state index contributed by atoms with van der Waals surface area (Å²) < 4.78 is 33.3. The van der Waals surface area contributed by atoms with Crippen molar-refractivity contribution in [3.05, 3.63) is 53.9 Å². The summed E-state index contributed by atoms with van der Waals surface area (Å²) in [6, 6.07) is 6.47. The number of aromatic nitrogens is 3. The van der Waals surface area contributed by atoms with E-state index >= 15 is 0 Å². The van der Waals surface area contributed by atoms with Gasteiger partial charge < -0.3 is 15.4 Å². The lowest BCUT2D eigenvalue weighted by Crippen LogP contribution is -2.16. The molecule has 7 nitrogen and oxygen atoms in total. The zero-order valence-electron chi connectivity index (χ0n) is 15.8. The van der Waals surface area contributed by atoms with Crippen LogP contribution in [-0.2, 0) is 4.74 Å². The normalized spacial score (nSPS) is 23.5. The van der Waals surface area contributed by atoms with E-state index in [4.69, 9.17) is 4.74 Å². The van der Waals surface area contributed by atoms with Crippen LogP contribution >= 0.6 is 0 Å². The molecule has 2 heterocycles. The first-order valence-corrected chi connectivity index (χ1v) is 9.17. The van der Waals surface area contributed by atoms with Crippen molar-refractivity contribution in [3.8, 4) is 11.4 Å². The fraction of sp³-hybridized carbons (Fsp3) is 0.300. The highest BCUT2D eigenvalue weighted by Gasteiger charge is 2.54. The first-order valence-electron chi connectivity index (χ1n) is 9.17. The number of fused-ring (bicyclic) bond motifs is 1. The lowest BCUT2D eigenvalue weighted by Gasteiger charge is -2.12. The van der Waals surface area contributed by atoms with E-state index in [1.165, 1.54) is 12.1 Å². The van der Waals surface area contributed by atoms with Crippen LogP contribution in [0.15, 0.2) is 53.1 Å². The van der Waals surface area contributed by atoms with Crippen molar-refractivity contribution in [1.82, 2.24) is 15.0 Å². The molecule has 1 aromatic carbocycles. The molecule has 1 unspecified atom stereocenters. The lowest BCUT2D eigenvalue weighted by atomic mass is 10.2. The molecule has 2 aliphatic rings. The predicted molar refractivity (Wildman–Crippen MR) is 107 cm³/mol. The maximum absolute atomic E-state index is 14.3. The fourth-order valence-electron chi connectivity index (χ4n) is 3.41. The van der Waals surface area contributed by atoms with Gasteiger partial charge in [-0.3, -0.25) is 4.99 Å². The van der Waals surface area contributed by atoms with Crippen LogP contribution in [0, 0.1) is 17.7 Å². The second kappa shape index (κ2) is 8.04. The van der Waals surface area contributed by atoms with E-state index in [2.05, 4.69) is 37.3 Å². The Hall–Kier alpha value is -3.20. The molecular weight excluding hydrogens is 378 g/mol. The minimum Gasteiger partial charge on any atom is -0.381 e. The summed E-state index contributed by atoms with van der Waals surface area (Å²) in [7, 11) is 0. The van der Waals surface area contributed by atoms with Crippen LogP contribution in [-0.4, -0.2) is 40.9 Å². The number of nitrogens with one attached hydrogen (secondary N) is 2. The summed E-state index contributed by atoms with van der Waals surface area (Å²) >= 11 is 0. The van der Waals surface area contributed by atoms with E-state index < -0.39 is 11.6 Å². The van der Waals surface area contributed by atoms with Gasteiger partial charge in [0.1, 0.15) is 11.6 Å². The second-order valence-corrected chi connectivity index (χ2v) is 6.97. The average Bonchev–Trinajstić information content (AvgIpc) is 3.09. The summed E-state index contributed by atoms with van der Waals surface area (Å²) in [5.41, 5.74) is 0.694. The van der Waals surface area contributed by atoms with Gasteiger partial charge >= 0.3 is 0 Å². The molecule has 1 saturated heterocycles. The molecule has 4 rings (SSSR count). The first kappa shape index (κ1) is 19.1. The number of halogens is 2. The summed E-state index contributed by atoms with van der Waals surface area (Å²) in [6.45, 7) is 6.29. The van der Waals surface area contributed by atoms with Crippen molar-refractivity contribution >= 4 is 18.6 Å². The molecule has 3 atom stereocenters. The number of rotatable bonds is 7. The minimum atomic E-state index is -0.572. The highest BCUT2D eigenvalue weighted by atomic mass is 19.1. The summed E-state index contributed by atoms with van der Waals surface area (Å²) in [6.07, 6.45) is 2.22. The Morgan fingerprint density at radius 1 is 1.21 bits per heavy atom. The van der Waals surface area contributed by atoms with Gasteiger partial charge in [-0.2, -0.15) is 15.0 Å². The number of allylic oxidation sites excluding steroid dienone is 3. The molecule has 29 heavy (non-hydrogen) atoms. The number of aliphatic imine (C=N–C) groups is 1. The topological polar surface area (TPSA) is 84.3 Å². The molecule has 2 fully saturated rings. The molecular formula is C20H20F2N6O. The van der Waals surface area contributed by atoms with Crippen LogP contribution in [0.3, 0.4) is 0 Å². The maximum Gasteiger partial charge on any atom is 0.232 e. The highest BCUT2D eigenvalue weighted by Crippen LogP contribution is 2.45. The van der Waals surface area contributed by atoms with Crippen molar-refractivity contribution in [2.45, 2.75) is 13.0 Å². The van der Waals surface area contributed by atoms with E-state index in [9.17, 15) is 8.78 Å². The third-order valence-electron chi connectivity index (χ3n) is 4.88. The van der Waals surface area contributed by atoms with Gasteiger partial charge in [-0.1, -0.05) is 12.1 Å². The highest BCUT2D eigenvalue weighted by molar-refractivity contribution is 5.59. The monoisotopic (exact) mass is 398 g/mol. The standard InChI is InChI=1S/C20H20F2N6O/c1-11(7-12(21)8-23-2)24-19-26-18(13-5-3-4-6-16(13)22)27-20(28-19)25-17-14-9-29-10-15(14)17/h3-8,14-15,17H,2,9-10H2,1H3,(H2,24,25,26,27,28)/b11-7+,12-8+/t14-,15+,17?. The molecule has 150 valence electrons. The van der Waals surface area contributed by atoms with Gasteiger partial charge in [0.05, 0.1) is 25.0 Å². The second-order valence-electron chi connectivity index (χ2n) is 6.97. The van der Waals surface area contributed by atoms with Gasteiger partial charge in [-0.25, -0.2) is 8.78 Å². The van der Waals surface area contributed by atoms with E-state index in [-0.39, 0.29) is 23.4 Å². The Balaban J connectivity index is 1.63. The molecule has 9 heteroatoms. The maximum atomic E-state index is 14.3. The molecule has 0 bridgehead atoms. The molecule has 2 N–H and O–H groups in total. The Morgan fingerprint density at radius 2 is 1.93 bits per heavy atom. The van der Waals surface area contributed by atoms with Gasteiger partial charge in [-0.05, 0) is 31.9 Å². The van der Waals surface area contributed by atoms with E-state index in [0.29, 0.717) is 36.7 Å². The number of benzene rings is 1. The molecule has 1 aliphatic heterocycles.